The van der Waals surface area contributed by atoms with Gasteiger partial charge in [-0.05, 0) is 37.9 Å². The van der Waals surface area contributed by atoms with Gasteiger partial charge in [0.05, 0.1) is 11.4 Å². The molecule has 0 aromatic carbocycles. The fourth-order valence-electron chi connectivity index (χ4n) is 2.97. The predicted molar refractivity (Wildman–Crippen MR) is 86.1 cm³/mol. The van der Waals surface area contributed by atoms with E-state index in [2.05, 4.69) is 40.2 Å². The zero-order valence-corrected chi connectivity index (χ0v) is 13.2. The SMILES string of the molecule is CCCN1CCN(Cc2cccc(CNC3CC3)n2)CC1. The zero-order chi connectivity index (χ0) is 14.5. The van der Waals surface area contributed by atoms with Gasteiger partial charge in [0.1, 0.15) is 0 Å². The molecule has 1 aromatic heterocycles. The average molecular weight is 288 g/mol. The van der Waals surface area contributed by atoms with Crippen LogP contribution >= 0.6 is 0 Å². The predicted octanol–water partition coefficient (Wildman–Crippen LogP) is 1.86. The summed E-state index contributed by atoms with van der Waals surface area (Å²) in [4.78, 5) is 9.91. The summed E-state index contributed by atoms with van der Waals surface area (Å²) in [6, 6.07) is 7.21. The van der Waals surface area contributed by atoms with E-state index in [1.165, 1.54) is 63.4 Å². The summed E-state index contributed by atoms with van der Waals surface area (Å²) in [5, 5.41) is 3.54. The molecule has 21 heavy (non-hydrogen) atoms. The minimum absolute atomic E-state index is 0.752. The lowest BCUT2D eigenvalue weighted by Gasteiger charge is -2.34. The first-order chi connectivity index (χ1) is 10.3. The van der Waals surface area contributed by atoms with Gasteiger partial charge >= 0.3 is 0 Å². The van der Waals surface area contributed by atoms with Crippen LogP contribution in [0.3, 0.4) is 0 Å². The van der Waals surface area contributed by atoms with Gasteiger partial charge in [0.15, 0.2) is 0 Å². The Morgan fingerprint density at radius 3 is 2.52 bits per heavy atom. The molecule has 2 fully saturated rings. The van der Waals surface area contributed by atoms with E-state index in [-0.39, 0.29) is 0 Å². The maximum atomic E-state index is 4.80. The highest BCUT2D eigenvalue weighted by atomic mass is 15.3. The van der Waals surface area contributed by atoms with Gasteiger partial charge in [-0.2, -0.15) is 0 Å². The first-order valence-electron chi connectivity index (χ1n) is 8.46. The topological polar surface area (TPSA) is 31.4 Å². The molecule has 1 saturated heterocycles. The van der Waals surface area contributed by atoms with Crippen LogP contribution in [0.25, 0.3) is 0 Å². The molecule has 0 amide bonds. The van der Waals surface area contributed by atoms with Crippen molar-refractivity contribution < 1.29 is 0 Å². The molecule has 3 rings (SSSR count). The van der Waals surface area contributed by atoms with Gasteiger partial charge in [-0.1, -0.05) is 13.0 Å². The smallest absolute Gasteiger partial charge is 0.0547 e. The van der Waals surface area contributed by atoms with Crippen LogP contribution in [0.4, 0.5) is 0 Å². The summed E-state index contributed by atoms with van der Waals surface area (Å²) >= 11 is 0. The normalized spacial score (nSPS) is 20.8. The Kier molecular flexibility index (Phi) is 5.22. The van der Waals surface area contributed by atoms with Crippen LogP contribution in [0.2, 0.25) is 0 Å². The second-order valence-corrected chi connectivity index (χ2v) is 6.39. The number of hydrogen-bond donors (Lipinski definition) is 1. The summed E-state index contributed by atoms with van der Waals surface area (Å²) in [7, 11) is 0. The quantitative estimate of drug-likeness (QED) is 0.830. The van der Waals surface area contributed by atoms with Crippen LogP contribution in [0, 0.1) is 0 Å². The van der Waals surface area contributed by atoms with Crippen molar-refractivity contribution in [1.82, 2.24) is 20.1 Å². The van der Waals surface area contributed by atoms with E-state index in [0.717, 1.165) is 19.1 Å². The molecule has 1 aliphatic heterocycles. The van der Waals surface area contributed by atoms with E-state index in [4.69, 9.17) is 4.98 Å². The lowest BCUT2D eigenvalue weighted by Crippen LogP contribution is -2.46. The molecule has 0 bridgehead atoms. The lowest BCUT2D eigenvalue weighted by molar-refractivity contribution is 0.126. The Bertz CT molecular complexity index is 436. The van der Waals surface area contributed by atoms with Gasteiger partial charge in [0.2, 0.25) is 0 Å². The van der Waals surface area contributed by atoms with Gasteiger partial charge in [0.25, 0.3) is 0 Å². The molecule has 0 radical (unpaired) electrons. The van der Waals surface area contributed by atoms with Crippen molar-refractivity contribution in [2.24, 2.45) is 0 Å². The fourth-order valence-corrected chi connectivity index (χ4v) is 2.97. The number of pyridine rings is 1. The summed E-state index contributed by atoms with van der Waals surface area (Å²) in [6.07, 6.45) is 3.93. The highest BCUT2D eigenvalue weighted by Crippen LogP contribution is 2.19. The molecule has 1 saturated carbocycles. The van der Waals surface area contributed by atoms with Gasteiger partial charge in [-0.15, -0.1) is 0 Å². The molecule has 2 aliphatic rings. The van der Waals surface area contributed by atoms with E-state index in [9.17, 15) is 0 Å². The highest BCUT2D eigenvalue weighted by Gasteiger charge is 2.20. The first kappa shape index (κ1) is 14.9. The van der Waals surface area contributed by atoms with Gasteiger partial charge in [-0.3, -0.25) is 9.88 Å². The van der Waals surface area contributed by atoms with Crippen molar-refractivity contribution in [3.63, 3.8) is 0 Å². The highest BCUT2D eigenvalue weighted by molar-refractivity contribution is 5.11. The third-order valence-corrected chi connectivity index (χ3v) is 4.40. The number of hydrogen-bond acceptors (Lipinski definition) is 4. The molecule has 0 atom stereocenters. The molecule has 0 spiro atoms. The number of piperazine rings is 1. The maximum absolute atomic E-state index is 4.80. The van der Waals surface area contributed by atoms with Crippen LogP contribution in [0.5, 0.6) is 0 Å². The molecule has 0 unspecified atom stereocenters. The number of aromatic nitrogens is 1. The number of nitrogens with zero attached hydrogens (tertiary/aromatic N) is 3. The van der Waals surface area contributed by atoms with E-state index in [1.54, 1.807) is 0 Å². The average Bonchev–Trinajstić information content (AvgIpc) is 3.32. The summed E-state index contributed by atoms with van der Waals surface area (Å²) in [5.74, 6) is 0. The van der Waals surface area contributed by atoms with Crippen LogP contribution in [0.15, 0.2) is 18.2 Å². The third-order valence-electron chi connectivity index (χ3n) is 4.40. The Hall–Kier alpha value is -0.970. The zero-order valence-electron chi connectivity index (χ0n) is 13.2. The minimum Gasteiger partial charge on any atom is -0.308 e. The molecule has 116 valence electrons. The monoisotopic (exact) mass is 288 g/mol. The first-order valence-corrected chi connectivity index (χ1v) is 8.46. The standard InChI is InChI=1S/C17H28N4/c1-2-8-20-9-11-21(12-10-20)14-17-5-3-4-16(19-17)13-18-15-6-7-15/h3-5,15,18H,2,6-14H2,1H3. The van der Waals surface area contributed by atoms with E-state index >= 15 is 0 Å². The summed E-state index contributed by atoms with van der Waals surface area (Å²) in [6.45, 7) is 10.2. The van der Waals surface area contributed by atoms with E-state index in [0.29, 0.717) is 0 Å². The van der Waals surface area contributed by atoms with E-state index in [1.807, 2.05) is 0 Å². The van der Waals surface area contributed by atoms with E-state index < -0.39 is 0 Å². The van der Waals surface area contributed by atoms with Gasteiger partial charge in [0, 0.05) is 45.3 Å². The van der Waals surface area contributed by atoms with Crippen molar-refractivity contribution in [3.8, 4) is 0 Å². The molecule has 1 aliphatic carbocycles. The lowest BCUT2D eigenvalue weighted by atomic mass is 10.2. The largest absolute Gasteiger partial charge is 0.308 e. The van der Waals surface area contributed by atoms with Crippen LogP contribution < -0.4 is 5.32 Å². The Labute approximate surface area is 128 Å². The van der Waals surface area contributed by atoms with Crippen LogP contribution in [0.1, 0.15) is 37.6 Å². The van der Waals surface area contributed by atoms with Crippen molar-refractivity contribution in [2.45, 2.75) is 45.3 Å². The van der Waals surface area contributed by atoms with Gasteiger partial charge < -0.3 is 10.2 Å². The van der Waals surface area contributed by atoms with Crippen LogP contribution in [-0.2, 0) is 13.1 Å². The minimum atomic E-state index is 0.752. The summed E-state index contributed by atoms with van der Waals surface area (Å²) in [5.41, 5.74) is 2.40. The summed E-state index contributed by atoms with van der Waals surface area (Å²) < 4.78 is 0. The van der Waals surface area contributed by atoms with Crippen molar-refractivity contribution in [2.75, 3.05) is 32.7 Å². The van der Waals surface area contributed by atoms with Crippen molar-refractivity contribution in [3.05, 3.63) is 29.6 Å². The molecule has 1 N–H and O–H groups in total. The second-order valence-electron chi connectivity index (χ2n) is 6.39. The molecular weight excluding hydrogens is 260 g/mol. The number of rotatable bonds is 7. The van der Waals surface area contributed by atoms with Gasteiger partial charge in [-0.25, -0.2) is 0 Å². The third kappa shape index (κ3) is 4.77. The molecule has 1 aromatic rings. The molecule has 4 heteroatoms. The molecular formula is C17H28N4. The molecule has 2 heterocycles. The Balaban J connectivity index is 1.47. The van der Waals surface area contributed by atoms with Crippen molar-refractivity contribution in [1.29, 1.82) is 0 Å². The molecule has 4 nitrogen and oxygen atoms in total. The van der Waals surface area contributed by atoms with Crippen molar-refractivity contribution >= 4 is 0 Å². The Morgan fingerprint density at radius 2 is 1.81 bits per heavy atom. The maximum Gasteiger partial charge on any atom is 0.0547 e. The second kappa shape index (κ2) is 7.34. The Morgan fingerprint density at radius 1 is 1.10 bits per heavy atom. The fraction of sp³-hybridized carbons (Fsp3) is 0.706. The number of nitrogens with one attached hydrogen (secondary N) is 1. The van der Waals surface area contributed by atoms with Crippen LogP contribution in [-0.4, -0.2) is 53.5 Å².